The van der Waals surface area contributed by atoms with Crippen molar-refractivity contribution in [1.29, 1.82) is 0 Å². The van der Waals surface area contributed by atoms with Crippen LogP contribution in [0.2, 0.25) is 0 Å². The van der Waals surface area contributed by atoms with Crippen LogP contribution in [0, 0.1) is 5.92 Å². The molecule has 3 amide bonds. The van der Waals surface area contributed by atoms with Crippen molar-refractivity contribution in [2.75, 3.05) is 0 Å². The van der Waals surface area contributed by atoms with Gasteiger partial charge < -0.3 is 41.7 Å². The van der Waals surface area contributed by atoms with E-state index in [1.165, 1.54) is 6.33 Å². The van der Waals surface area contributed by atoms with Crippen LogP contribution < -0.4 is 21.7 Å². The second kappa shape index (κ2) is 14.8. The molecule has 13 heteroatoms. The summed E-state index contributed by atoms with van der Waals surface area (Å²) in [7, 11) is 0. The maximum atomic E-state index is 13.9. The SMILES string of the molecule is CC(C)CC(NC(=O)C(N)Cc1cnc[nH]1)C(=O)NC(Cc1c[nH]c2ccccc12)C(=O)NC(Cc1c[nH]c2ccccc12)C(=O)O. The first kappa shape index (κ1) is 32.9. The summed E-state index contributed by atoms with van der Waals surface area (Å²) in [6.07, 6.45) is 7.13. The second-order valence-electron chi connectivity index (χ2n) is 12.2. The number of benzene rings is 2. The quantitative estimate of drug-likeness (QED) is 0.0855. The van der Waals surface area contributed by atoms with Gasteiger partial charge >= 0.3 is 5.97 Å². The Morgan fingerprint density at radius 1 is 0.745 bits per heavy atom. The highest BCUT2D eigenvalue weighted by Crippen LogP contribution is 2.21. The Bertz CT molecular complexity index is 1840. The van der Waals surface area contributed by atoms with Gasteiger partial charge in [-0.1, -0.05) is 50.2 Å². The van der Waals surface area contributed by atoms with E-state index in [2.05, 4.69) is 35.9 Å². The third kappa shape index (κ3) is 8.24. The first-order chi connectivity index (χ1) is 22.6. The van der Waals surface area contributed by atoms with Crippen LogP contribution in [0.15, 0.2) is 73.4 Å². The normalized spacial score (nSPS) is 14.0. The maximum absolute atomic E-state index is 13.9. The molecule has 0 saturated carbocycles. The molecular weight excluding hydrogens is 600 g/mol. The Labute approximate surface area is 271 Å². The van der Waals surface area contributed by atoms with E-state index in [4.69, 9.17) is 5.73 Å². The Morgan fingerprint density at radius 3 is 1.83 bits per heavy atom. The molecule has 0 saturated heterocycles. The molecule has 4 atom stereocenters. The van der Waals surface area contributed by atoms with E-state index >= 15 is 0 Å². The predicted octanol–water partition coefficient (Wildman–Crippen LogP) is 2.31. The van der Waals surface area contributed by atoms with Gasteiger partial charge in [0.05, 0.1) is 12.4 Å². The number of nitrogens with zero attached hydrogens (tertiary/aromatic N) is 1. The van der Waals surface area contributed by atoms with Crippen LogP contribution >= 0.6 is 0 Å². The molecule has 5 rings (SSSR count). The number of aromatic nitrogens is 4. The highest BCUT2D eigenvalue weighted by Gasteiger charge is 2.32. The van der Waals surface area contributed by atoms with Crippen molar-refractivity contribution in [3.63, 3.8) is 0 Å². The minimum Gasteiger partial charge on any atom is -0.480 e. The summed E-state index contributed by atoms with van der Waals surface area (Å²) >= 11 is 0. The molecule has 0 aliphatic rings. The number of nitrogens with one attached hydrogen (secondary N) is 6. The van der Waals surface area contributed by atoms with Crippen molar-refractivity contribution in [2.45, 2.75) is 63.7 Å². The average Bonchev–Trinajstić information content (AvgIpc) is 3.80. The number of aromatic amines is 3. The van der Waals surface area contributed by atoms with Crippen molar-refractivity contribution >= 4 is 45.5 Å². The Balaban J connectivity index is 1.36. The summed E-state index contributed by atoms with van der Waals surface area (Å²) in [4.78, 5) is 66.3. The number of carboxylic acid groups (broad SMARTS) is 1. The van der Waals surface area contributed by atoms with Gasteiger partial charge in [0.25, 0.3) is 0 Å². The molecule has 13 nitrogen and oxygen atoms in total. The number of aliphatic carboxylic acids is 1. The Hall–Kier alpha value is -5.43. The summed E-state index contributed by atoms with van der Waals surface area (Å²) in [5.41, 5.74) is 10.0. The molecule has 0 fully saturated rings. The molecule has 0 spiro atoms. The van der Waals surface area contributed by atoms with Crippen LogP contribution in [0.25, 0.3) is 21.8 Å². The van der Waals surface area contributed by atoms with E-state index in [0.717, 1.165) is 32.9 Å². The lowest BCUT2D eigenvalue weighted by Gasteiger charge is -2.26. The van der Waals surface area contributed by atoms with Gasteiger partial charge in [-0.3, -0.25) is 14.4 Å². The zero-order valence-corrected chi connectivity index (χ0v) is 26.2. The maximum Gasteiger partial charge on any atom is 0.326 e. The lowest BCUT2D eigenvalue weighted by molar-refractivity contribution is -0.142. The van der Waals surface area contributed by atoms with Gasteiger partial charge in [0.15, 0.2) is 0 Å². The van der Waals surface area contributed by atoms with Gasteiger partial charge in [-0.25, -0.2) is 9.78 Å². The summed E-state index contributed by atoms with van der Waals surface area (Å²) in [6, 6.07) is 10.7. The fourth-order valence-corrected chi connectivity index (χ4v) is 5.70. The zero-order valence-electron chi connectivity index (χ0n) is 26.2. The van der Waals surface area contributed by atoms with Gasteiger partial charge in [-0.15, -0.1) is 0 Å². The number of carbonyl (C=O) groups is 4. The number of imidazole rings is 1. The van der Waals surface area contributed by atoms with Gasteiger partial charge in [0.2, 0.25) is 17.7 Å². The minimum atomic E-state index is -1.27. The fraction of sp³-hybridized carbons (Fsp3) is 0.324. The van der Waals surface area contributed by atoms with Crippen LogP contribution in [0.4, 0.5) is 0 Å². The molecular formula is C34H40N8O5. The number of amides is 3. The molecule has 47 heavy (non-hydrogen) atoms. The van der Waals surface area contributed by atoms with Crippen molar-refractivity contribution in [2.24, 2.45) is 11.7 Å². The van der Waals surface area contributed by atoms with Crippen molar-refractivity contribution in [1.82, 2.24) is 35.9 Å². The molecule has 0 radical (unpaired) electrons. The third-order valence-corrected chi connectivity index (χ3v) is 8.12. The smallest absolute Gasteiger partial charge is 0.326 e. The number of carboxylic acids is 1. The monoisotopic (exact) mass is 640 g/mol. The van der Waals surface area contributed by atoms with Crippen LogP contribution in [-0.4, -0.2) is 72.9 Å². The van der Waals surface area contributed by atoms with Gasteiger partial charge in [-0.2, -0.15) is 0 Å². The molecule has 4 unspecified atom stereocenters. The van der Waals surface area contributed by atoms with Crippen LogP contribution in [0.5, 0.6) is 0 Å². The molecule has 9 N–H and O–H groups in total. The van der Waals surface area contributed by atoms with Crippen molar-refractivity contribution in [3.8, 4) is 0 Å². The molecule has 5 aromatic rings. The summed E-state index contributed by atoms with van der Waals surface area (Å²) < 4.78 is 0. The molecule has 0 bridgehead atoms. The highest BCUT2D eigenvalue weighted by atomic mass is 16.4. The molecule has 0 aliphatic carbocycles. The lowest BCUT2D eigenvalue weighted by Crippen LogP contribution is -2.58. The number of hydrogen-bond donors (Lipinski definition) is 8. The fourth-order valence-electron chi connectivity index (χ4n) is 5.70. The third-order valence-electron chi connectivity index (χ3n) is 8.12. The first-order valence-electron chi connectivity index (χ1n) is 15.6. The molecule has 3 heterocycles. The van der Waals surface area contributed by atoms with E-state index in [1.807, 2.05) is 62.4 Å². The van der Waals surface area contributed by atoms with E-state index < -0.39 is 47.9 Å². The van der Waals surface area contributed by atoms with E-state index in [0.29, 0.717) is 5.69 Å². The number of nitrogens with two attached hydrogens (primary N) is 1. The number of H-pyrrole nitrogens is 3. The van der Waals surface area contributed by atoms with Gasteiger partial charge in [0, 0.05) is 65.4 Å². The number of para-hydroxylation sites is 2. The van der Waals surface area contributed by atoms with E-state index in [9.17, 15) is 24.3 Å². The molecule has 2 aromatic carbocycles. The Kier molecular flexibility index (Phi) is 10.4. The highest BCUT2D eigenvalue weighted by molar-refractivity contribution is 5.95. The number of carbonyl (C=O) groups excluding carboxylic acids is 3. The number of rotatable bonds is 15. The van der Waals surface area contributed by atoms with Crippen molar-refractivity contribution in [3.05, 3.63) is 90.3 Å². The zero-order chi connectivity index (χ0) is 33.5. The first-order valence-corrected chi connectivity index (χ1v) is 15.6. The average molecular weight is 641 g/mol. The number of fused-ring (bicyclic) bond motifs is 2. The summed E-state index contributed by atoms with van der Waals surface area (Å²) in [6.45, 7) is 3.82. The standard InChI is InChI=1S/C34H40N8O5/c1-19(2)11-28(40-31(43)25(35)14-22-17-36-18-39-22)32(44)41-29(12-20-15-37-26-9-5-3-7-23(20)26)33(45)42-30(34(46)47)13-21-16-38-27-10-6-4-8-24(21)27/h3-10,15-19,25,28-30,37-38H,11-14,35H2,1-2H3,(H,36,39)(H,40,43)(H,41,44)(H,42,45)(H,46,47). The molecule has 0 aliphatic heterocycles. The van der Waals surface area contributed by atoms with Crippen LogP contribution in [0.1, 0.15) is 37.1 Å². The minimum absolute atomic E-state index is 0.0170. The van der Waals surface area contributed by atoms with Gasteiger partial charge in [-0.05, 0) is 35.6 Å². The lowest BCUT2D eigenvalue weighted by atomic mass is 9.99. The van der Waals surface area contributed by atoms with E-state index in [-0.39, 0.29) is 31.6 Å². The van der Waals surface area contributed by atoms with Crippen LogP contribution in [0.3, 0.4) is 0 Å². The molecule has 246 valence electrons. The Morgan fingerprint density at radius 2 is 1.28 bits per heavy atom. The largest absolute Gasteiger partial charge is 0.480 e. The van der Waals surface area contributed by atoms with E-state index in [1.54, 1.807) is 18.6 Å². The summed E-state index contributed by atoms with van der Waals surface area (Å²) in [5, 5.41) is 20.0. The molecule has 3 aromatic heterocycles. The van der Waals surface area contributed by atoms with Crippen LogP contribution in [-0.2, 0) is 38.4 Å². The van der Waals surface area contributed by atoms with Crippen molar-refractivity contribution < 1.29 is 24.3 Å². The summed E-state index contributed by atoms with van der Waals surface area (Å²) in [5.74, 6) is -2.96. The predicted molar refractivity (Wildman–Crippen MR) is 177 cm³/mol. The van der Waals surface area contributed by atoms with Gasteiger partial charge in [0.1, 0.15) is 18.1 Å². The second-order valence-corrected chi connectivity index (χ2v) is 12.2. The topological polar surface area (TPSA) is 211 Å². The number of hydrogen-bond acceptors (Lipinski definition) is 6.